The van der Waals surface area contributed by atoms with Crippen molar-refractivity contribution in [3.05, 3.63) is 47.7 Å². The third-order valence-electron chi connectivity index (χ3n) is 2.00. The van der Waals surface area contributed by atoms with Gasteiger partial charge in [-0.25, -0.2) is 0 Å². The SMILES string of the molecule is CC[C]1[CH]c2ccc1cc2. The van der Waals surface area contributed by atoms with Crippen LogP contribution in [0.1, 0.15) is 24.5 Å². The lowest BCUT2D eigenvalue weighted by atomic mass is 9.84. The van der Waals surface area contributed by atoms with Crippen molar-refractivity contribution in [2.75, 3.05) is 0 Å². The van der Waals surface area contributed by atoms with Gasteiger partial charge in [0.1, 0.15) is 0 Å². The topological polar surface area (TPSA) is 0 Å². The molecule has 0 heterocycles. The van der Waals surface area contributed by atoms with E-state index in [4.69, 9.17) is 0 Å². The van der Waals surface area contributed by atoms with Crippen molar-refractivity contribution in [2.24, 2.45) is 0 Å². The monoisotopic (exact) mass is 130 g/mol. The van der Waals surface area contributed by atoms with Crippen molar-refractivity contribution >= 4 is 0 Å². The molecule has 1 aromatic carbocycles. The van der Waals surface area contributed by atoms with Crippen LogP contribution in [0.4, 0.5) is 0 Å². The summed E-state index contributed by atoms with van der Waals surface area (Å²) in [5.41, 5.74) is 2.73. The smallest absolute Gasteiger partial charge is 0.0128 e. The number of benzene rings is 1. The van der Waals surface area contributed by atoms with Crippen LogP contribution in [0.3, 0.4) is 0 Å². The van der Waals surface area contributed by atoms with E-state index in [2.05, 4.69) is 37.6 Å². The van der Waals surface area contributed by atoms with Gasteiger partial charge in [0.15, 0.2) is 0 Å². The molecule has 3 rings (SSSR count). The molecule has 0 aliphatic heterocycles. The molecule has 0 amide bonds. The van der Waals surface area contributed by atoms with Crippen molar-refractivity contribution in [1.82, 2.24) is 0 Å². The van der Waals surface area contributed by atoms with E-state index in [0.29, 0.717) is 0 Å². The summed E-state index contributed by atoms with van der Waals surface area (Å²) in [6.45, 7) is 2.20. The maximum absolute atomic E-state index is 2.26. The first-order valence-corrected chi connectivity index (χ1v) is 3.71. The maximum Gasteiger partial charge on any atom is 0.0128 e. The molecule has 0 fully saturated rings. The Morgan fingerprint density at radius 3 is 2.10 bits per heavy atom. The molecule has 2 bridgehead atoms. The highest BCUT2D eigenvalue weighted by molar-refractivity contribution is 5.49. The van der Waals surface area contributed by atoms with E-state index in [1.165, 1.54) is 17.0 Å². The Labute approximate surface area is 61.9 Å². The third-order valence-corrected chi connectivity index (χ3v) is 2.00. The highest BCUT2D eigenvalue weighted by Crippen LogP contribution is 2.30. The average Bonchev–Trinajstić information content (AvgIpc) is 2.06. The minimum Gasteiger partial charge on any atom is -0.0645 e. The van der Waals surface area contributed by atoms with Gasteiger partial charge in [-0.1, -0.05) is 31.2 Å². The van der Waals surface area contributed by atoms with Crippen LogP contribution in [0.5, 0.6) is 0 Å². The normalized spacial score (nSPS) is 16.1. The number of rotatable bonds is 1. The Balaban J connectivity index is 2.41. The molecule has 0 spiro atoms. The fourth-order valence-electron chi connectivity index (χ4n) is 1.38. The summed E-state index contributed by atoms with van der Waals surface area (Å²) >= 11 is 0. The van der Waals surface area contributed by atoms with Crippen LogP contribution in [-0.4, -0.2) is 0 Å². The van der Waals surface area contributed by atoms with Crippen LogP contribution in [0, 0.1) is 12.3 Å². The summed E-state index contributed by atoms with van der Waals surface area (Å²) in [6, 6.07) is 8.70. The van der Waals surface area contributed by atoms with Gasteiger partial charge in [-0.2, -0.15) is 0 Å². The molecule has 0 heteroatoms. The molecule has 0 saturated carbocycles. The van der Waals surface area contributed by atoms with E-state index in [1.807, 2.05) is 0 Å². The molecule has 0 aromatic heterocycles. The summed E-state index contributed by atoms with van der Waals surface area (Å²) in [4.78, 5) is 0. The van der Waals surface area contributed by atoms with Crippen LogP contribution in [-0.2, 0) is 0 Å². The molecule has 1 aromatic rings. The molecule has 10 heavy (non-hydrogen) atoms. The van der Waals surface area contributed by atoms with Crippen molar-refractivity contribution in [3.63, 3.8) is 0 Å². The van der Waals surface area contributed by atoms with Gasteiger partial charge in [0, 0.05) is 12.3 Å². The van der Waals surface area contributed by atoms with E-state index in [1.54, 1.807) is 0 Å². The lowest BCUT2D eigenvalue weighted by Crippen LogP contribution is -2.05. The average molecular weight is 130 g/mol. The van der Waals surface area contributed by atoms with Crippen LogP contribution in [0.25, 0.3) is 0 Å². The van der Waals surface area contributed by atoms with Crippen molar-refractivity contribution in [2.45, 2.75) is 13.3 Å². The summed E-state index contributed by atoms with van der Waals surface area (Å²) in [5, 5.41) is 0. The second kappa shape index (κ2) is 2.12. The third kappa shape index (κ3) is 0.756. The summed E-state index contributed by atoms with van der Waals surface area (Å²) < 4.78 is 0. The molecule has 0 saturated heterocycles. The minimum absolute atomic E-state index is 1.15. The van der Waals surface area contributed by atoms with Crippen LogP contribution < -0.4 is 0 Å². The van der Waals surface area contributed by atoms with Gasteiger partial charge in [-0.15, -0.1) is 0 Å². The first kappa shape index (κ1) is 5.96. The molecule has 2 radical (unpaired) electrons. The Morgan fingerprint density at radius 1 is 1.10 bits per heavy atom. The van der Waals surface area contributed by atoms with Crippen LogP contribution in [0.15, 0.2) is 24.3 Å². The largest absolute Gasteiger partial charge is 0.0645 e. The zero-order valence-electron chi connectivity index (χ0n) is 6.09. The summed E-state index contributed by atoms with van der Waals surface area (Å²) in [6.07, 6.45) is 3.41. The van der Waals surface area contributed by atoms with Crippen molar-refractivity contribution in [3.8, 4) is 0 Å². The van der Waals surface area contributed by atoms with E-state index in [9.17, 15) is 0 Å². The molecule has 0 nitrogen and oxygen atoms in total. The van der Waals surface area contributed by atoms with Gasteiger partial charge in [0.2, 0.25) is 0 Å². The lowest BCUT2D eigenvalue weighted by Gasteiger charge is -2.20. The van der Waals surface area contributed by atoms with Gasteiger partial charge in [-0.05, 0) is 17.5 Å². The quantitative estimate of drug-likeness (QED) is 0.548. The lowest BCUT2D eigenvalue weighted by molar-refractivity contribution is 0.960. The molecular weight excluding hydrogens is 120 g/mol. The molecule has 0 atom stereocenters. The second-order valence-corrected chi connectivity index (χ2v) is 2.65. The highest BCUT2D eigenvalue weighted by atomic mass is 14.2. The van der Waals surface area contributed by atoms with Gasteiger partial charge < -0.3 is 0 Å². The predicted octanol–water partition coefficient (Wildman–Crippen LogP) is 2.59. The van der Waals surface area contributed by atoms with E-state index < -0.39 is 0 Å². The van der Waals surface area contributed by atoms with E-state index >= 15 is 0 Å². The summed E-state index contributed by atoms with van der Waals surface area (Å²) in [5.74, 6) is 1.47. The summed E-state index contributed by atoms with van der Waals surface area (Å²) in [7, 11) is 0. The maximum atomic E-state index is 2.26. The number of hydrogen-bond donors (Lipinski definition) is 0. The van der Waals surface area contributed by atoms with E-state index in [0.717, 1.165) is 6.42 Å². The van der Waals surface area contributed by atoms with E-state index in [-0.39, 0.29) is 0 Å². The Bertz CT molecular complexity index is 220. The molecule has 2 aliphatic carbocycles. The zero-order valence-corrected chi connectivity index (χ0v) is 6.09. The predicted molar refractivity (Wildman–Crippen MR) is 42.5 cm³/mol. The van der Waals surface area contributed by atoms with Crippen molar-refractivity contribution in [1.29, 1.82) is 0 Å². The first-order chi connectivity index (χ1) is 4.90. The number of fused-ring (bicyclic) bond motifs is 3. The first-order valence-electron chi connectivity index (χ1n) is 3.71. The fraction of sp³-hybridized carbons (Fsp3) is 0.200. The fourth-order valence-corrected chi connectivity index (χ4v) is 1.38. The Hall–Kier alpha value is -0.780. The molecule has 50 valence electrons. The van der Waals surface area contributed by atoms with Gasteiger partial charge in [-0.3, -0.25) is 0 Å². The second-order valence-electron chi connectivity index (χ2n) is 2.65. The van der Waals surface area contributed by atoms with Crippen LogP contribution >= 0.6 is 0 Å². The molecule has 0 N–H and O–H groups in total. The molecule has 0 unspecified atom stereocenters. The van der Waals surface area contributed by atoms with Gasteiger partial charge >= 0.3 is 0 Å². The minimum atomic E-state index is 1.15. The Kier molecular flexibility index (Phi) is 1.26. The molecule has 2 aliphatic rings. The highest BCUT2D eigenvalue weighted by Gasteiger charge is 2.15. The van der Waals surface area contributed by atoms with Crippen molar-refractivity contribution < 1.29 is 0 Å². The van der Waals surface area contributed by atoms with Gasteiger partial charge in [0.05, 0.1) is 0 Å². The molecular formula is C10H10. The Morgan fingerprint density at radius 2 is 1.80 bits per heavy atom. The number of hydrogen-bond acceptors (Lipinski definition) is 0. The van der Waals surface area contributed by atoms with Crippen LogP contribution in [0.2, 0.25) is 0 Å². The standard InChI is InChI=1S/C10H10/c1-2-9-7-8-3-5-10(9)6-4-8/h3-7H,2H2,1H3. The zero-order chi connectivity index (χ0) is 6.97. The van der Waals surface area contributed by atoms with Gasteiger partial charge in [0.25, 0.3) is 0 Å².